The fourth-order valence-electron chi connectivity index (χ4n) is 2.30. The van der Waals surface area contributed by atoms with Crippen LogP contribution in [0.2, 0.25) is 0 Å². The largest absolute Gasteiger partial charge is 0.444 e. The lowest BCUT2D eigenvalue weighted by molar-refractivity contribution is -0.127. The van der Waals surface area contributed by atoms with E-state index in [0.717, 1.165) is 0 Å². The van der Waals surface area contributed by atoms with Gasteiger partial charge in [-0.2, -0.15) is 0 Å². The molecule has 1 amide bonds. The van der Waals surface area contributed by atoms with Crippen LogP contribution in [0.15, 0.2) is 0 Å². The highest BCUT2D eigenvalue weighted by molar-refractivity contribution is 5.70. The molecule has 0 radical (unpaired) electrons. The number of carbonyl (C=O) groups is 1. The quantitative estimate of drug-likeness (QED) is 0.700. The SMILES string of the molecule is CC(C)(C)OC(=O)N1[C@@H]([C@](C)(O)[C@@H](O)CO)COC1(C)C. The second kappa shape index (κ2) is 5.72. The van der Waals surface area contributed by atoms with Crippen LogP contribution < -0.4 is 0 Å². The molecule has 0 spiro atoms. The van der Waals surface area contributed by atoms with Crippen molar-refractivity contribution in [2.45, 2.75) is 70.6 Å². The van der Waals surface area contributed by atoms with E-state index in [4.69, 9.17) is 14.6 Å². The lowest BCUT2D eigenvalue weighted by atomic mass is 9.90. The molecule has 0 bridgehead atoms. The van der Waals surface area contributed by atoms with Gasteiger partial charge in [-0.1, -0.05) is 0 Å². The van der Waals surface area contributed by atoms with Crippen molar-refractivity contribution in [1.29, 1.82) is 0 Å². The molecule has 21 heavy (non-hydrogen) atoms. The van der Waals surface area contributed by atoms with Crippen molar-refractivity contribution in [3.05, 3.63) is 0 Å². The van der Waals surface area contributed by atoms with Gasteiger partial charge in [-0.05, 0) is 41.5 Å². The summed E-state index contributed by atoms with van der Waals surface area (Å²) in [5.74, 6) is 0. The molecule has 1 rings (SSSR count). The number of hydrogen-bond acceptors (Lipinski definition) is 6. The van der Waals surface area contributed by atoms with Gasteiger partial charge in [0, 0.05) is 0 Å². The highest BCUT2D eigenvalue weighted by Gasteiger charge is 2.54. The molecule has 0 aromatic heterocycles. The third-order valence-electron chi connectivity index (χ3n) is 3.60. The Morgan fingerprint density at radius 2 is 1.95 bits per heavy atom. The Labute approximate surface area is 125 Å². The Morgan fingerprint density at radius 3 is 2.38 bits per heavy atom. The van der Waals surface area contributed by atoms with E-state index in [-0.39, 0.29) is 6.61 Å². The molecule has 0 aliphatic carbocycles. The van der Waals surface area contributed by atoms with Gasteiger partial charge in [0.1, 0.15) is 23.0 Å². The Bertz CT molecular complexity index is 387. The average Bonchev–Trinajstić information content (AvgIpc) is 2.62. The van der Waals surface area contributed by atoms with Crippen LogP contribution in [0, 0.1) is 0 Å². The molecule has 0 aromatic carbocycles. The monoisotopic (exact) mass is 305 g/mol. The highest BCUT2D eigenvalue weighted by atomic mass is 16.6. The van der Waals surface area contributed by atoms with E-state index in [0.29, 0.717) is 0 Å². The summed E-state index contributed by atoms with van der Waals surface area (Å²) in [5.41, 5.74) is -3.40. The van der Waals surface area contributed by atoms with E-state index in [1.807, 2.05) is 0 Å². The second-order valence-corrected chi connectivity index (χ2v) is 7.05. The van der Waals surface area contributed by atoms with E-state index in [1.54, 1.807) is 34.6 Å². The van der Waals surface area contributed by atoms with E-state index in [9.17, 15) is 15.0 Å². The summed E-state index contributed by atoms with van der Waals surface area (Å²) in [6, 6.07) is -0.829. The fraction of sp³-hybridized carbons (Fsp3) is 0.929. The summed E-state index contributed by atoms with van der Waals surface area (Å²) in [5, 5.41) is 29.4. The van der Waals surface area contributed by atoms with Crippen LogP contribution in [-0.2, 0) is 9.47 Å². The number of aliphatic hydroxyl groups is 3. The molecule has 124 valence electrons. The summed E-state index contributed by atoms with van der Waals surface area (Å²) in [6.07, 6.45) is -2.04. The first-order valence-corrected chi connectivity index (χ1v) is 7.00. The molecule has 7 heteroatoms. The topological polar surface area (TPSA) is 99.5 Å². The van der Waals surface area contributed by atoms with Gasteiger partial charge in [0.05, 0.1) is 19.3 Å². The van der Waals surface area contributed by atoms with Crippen molar-refractivity contribution in [3.8, 4) is 0 Å². The number of rotatable bonds is 3. The third-order valence-corrected chi connectivity index (χ3v) is 3.60. The molecule has 1 fully saturated rings. The van der Waals surface area contributed by atoms with Gasteiger partial charge in [-0.25, -0.2) is 4.79 Å². The lowest BCUT2D eigenvalue weighted by Crippen LogP contribution is -2.61. The molecule has 1 saturated heterocycles. The molecule has 7 nitrogen and oxygen atoms in total. The van der Waals surface area contributed by atoms with Gasteiger partial charge in [0.15, 0.2) is 0 Å². The zero-order valence-corrected chi connectivity index (χ0v) is 13.6. The van der Waals surface area contributed by atoms with Gasteiger partial charge in [-0.3, -0.25) is 4.90 Å². The van der Waals surface area contributed by atoms with Crippen LogP contribution in [-0.4, -0.2) is 68.6 Å². The van der Waals surface area contributed by atoms with E-state index >= 15 is 0 Å². The maximum Gasteiger partial charge on any atom is 0.413 e. The number of ether oxygens (including phenoxy) is 2. The highest BCUT2D eigenvalue weighted by Crippen LogP contribution is 2.35. The predicted molar refractivity (Wildman–Crippen MR) is 75.6 cm³/mol. The number of nitrogens with zero attached hydrogens (tertiary/aromatic N) is 1. The normalized spacial score (nSPS) is 26.3. The minimum absolute atomic E-state index is 0.0380. The molecule has 3 atom stereocenters. The molecular weight excluding hydrogens is 278 g/mol. The van der Waals surface area contributed by atoms with Crippen LogP contribution >= 0.6 is 0 Å². The zero-order chi connectivity index (χ0) is 16.6. The molecule has 1 aliphatic heterocycles. The number of aliphatic hydroxyl groups excluding tert-OH is 2. The first-order valence-electron chi connectivity index (χ1n) is 7.00. The van der Waals surface area contributed by atoms with Crippen LogP contribution in [0.5, 0.6) is 0 Å². The predicted octanol–water partition coefficient (Wildman–Crippen LogP) is 0.463. The van der Waals surface area contributed by atoms with E-state index in [2.05, 4.69) is 0 Å². The number of amides is 1. The third kappa shape index (κ3) is 3.85. The molecule has 3 N–H and O–H groups in total. The van der Waals surface area contributed by atoms with Crippen molar-refractivity contribution >= 4 is 6.09 Å². The van der Waals surface area contributed by atoms with Crippen LogP contribution in [0.1, 0.15) is 41.5 Å². The van der Waals surface area contributed by atoms with E-state index in [1.165, 1.54) is 11.8 Å². The summed E-state index contributed by atoms with van der Waals surface area (Å²) < 4.78 is 10.9. The zero-order valence-electron chi connectivity index (χ0n) is 13.6. The smallest absolute Gasteiger partial charge is 0.413 e. The average molecular weight is 305 g/mol. The Hall–Kier alpha value is -0.890. The summed E-state index contributed by atoms with van der Waals surface area (Å²) in [7, 11) is 0. The van der Waals surface area contributed by atoms with Crippen molar-refractivity contribution in [3.63, 3.8) is 0 Å². The van der Waals surface area contributed by atoms with E-state index < -0.39 is 41.8 Å². The summed E-state index contributed by atoms with van der Waals surface area (Å²) in [4.78, 5) is 13.7. The van der Waals surface area contributed by atoms with Crippen molar-refractivity contribution in [2.75, 3.05) is 13.2 Å². The molecule has 0 unspecified atom stereocenters. The number of carbonyl (C=O) groups excluding carboxylic acids is 1. The molecule has 0 saturated carbocycles. The molecule has 0 aromatic rings. The van der Waals surface area contributed by atoms with Crippen molar-refractivity contribution < 1.29 is 29.6 Å². The van der Waals surface area contributed by atoms with Crippen LogP contribution in [0.25, 0.3) is 0 Å². The molecule has 1 heterocycles. The minimum atomic E-state index is -1.72. The Kier molecular flexibility index (Phi) is 4.94. The second-order valence-electron chi connectivity index (χ2n) is 7.05. The van der Waals surface area contributed by atoms with Crippen molar-refractivity contribution in [2.24, 2.45) is 0 Å². The minimum Gasteiger partial charge on any atom is -0.444 e. The summed E-state index contributed by atoms with van der Waals surface area (Å²) >= 11 is 0. The standard InChI is InChI=1S/C14H27NO6/c1-12(2,3)21-11(18)15-9(8-20-13(15,4)5)14(6,19)10(17)7-16/h9-10,16-17,19H,7-8H2,1-6H3/t9-,10+,14+/m1/s1. The van der Waals surface area contributed by atoms with Gasteiger partial charge < -0.3 is 24.8 Å². The van der Waals surface area contributed by atoms with Gasteiger partial charge in [0.25, 0.3) is 0 Å². The Balaban J connectivity index is 3.07. The maximum absolute atomic E-state index is 12.4. The fourth-order valence-corrected chi connectivity index (χ4v) is 2.30. The van der Waals surface area contributed by atoms with Crippen LogP contribution in [0.3, 0.4) is 0 Å². The lowest BCUT2D eigenvalue weighted by Gasteiger charge is -2.41. The van der Waals surface area contributed by atoms with Crippen LogP contribution in [0.4, 0.5) is 4.79 Å². The summed E-state index contributed by atoms with van der Waals surface area (Å²) in [6.45, 7) is 9.36. The maximum atomic E-state index is 12.4. The van der Waals surface area contributed by atoms with Crippen molar-refractivity contribution in [1.82, 2.24) is 4.90 Å². The first-order chi connectivity index (χ1) is 9.33. The first kappa shape index (κ1) is 18.2. The Morgan fingerprint density at radius 1 is 1.43 bits per heavy atom. The molecule has 1 aliphatic rings. The van der Waals surface area contributed by atoms with Gasteiger partial charge in [0.2, 0.25) is 0 Å². The molecular formula is C14H27NO6. The van der Waals surface area contributed by atoms with Gasteiger partial charge >= 0.3 is 6.09 Å². The van der Waals surface area contributed by atoms with Gasteiger partial charge in [-0.15, -0.1) is 0 Å². The number of hydrogen-bond donors (Lipinski definition) is 3.